The standard InChI is InChI=1S/C26H22ClFN2O4/c1-15-20(3-2-6-29-15)21-9-18(27)4-5-24(21)33-13-16-11-30(12-16)26(32)22-8-17-7-19(31)14-34-25(17)10-23(22)28/h2-6,8-10,16H,7,11-14H2,1H3. The van der Waals surface area contributed by atoms with E-state index >= 15 is 0 Å². The number of aromatic nitrogens is 1. The highest BCUT2D eigenvalue weighted by molar-refractivity contribution is 6.31. The summed E-state index contributed by atoms with van der Waals surface area (Å²) in [6, 6.07) is 11.9. The zero-order chi connectivity index (χ0) is 23.8. The molecule has 2 aliphatic rings. The number of fused-ring (bicyclic) bond motifs is 1. The van der Waals surface area contributed by atoms with Crippen LogP contribution < -0.4 is 9.47 Å². The molecule has 34 heavy (non-hydrogen) atoms. The van der Waals surface area contributed by atoms with Crippen LogP contribution in [0.15, 0.2) is 48.7 Å². The predicted octanol–water partition coefficient (Wildman–Crippen LogP) is 4.50. The second-order valence-electron chi connectivity index (χ2n) is 8.61. The molecule has 0 radical (unpaired) electrons. The Balaban J connectivity index is 1.24. The molecule has 6 nitrogen and oxygen atoms in total. The van der Waals surface area contributed by atoms with Gasteiger partial charge in [0.05, 0.1) is 12.2 Å². The largest absolute Gasteiger partial charge is 0.493 e. The molecule has 0 bridgehead atoms. The highest BCUT2D eigenvalue weighted by Gasteiger charge is 2.34. The maximum atomic E-state index is 14.5. The van der Waals surface area contributed by atoms with Crippen molar-refractivity contribution in [3.8, 4) is 22.6 Å². The smallest absolute Gasteiger partial charge is 0.256 e. The topological polar surface area (TPSA) is 68.7 Å². The first-order valence-electron chi connectivity index (χ1n) is 11.0. The van der Waals surface area contributed by atoms with Crippen LogP contribution in [-0.2, 0) is 11.2 Å². The summed E-state index contributed by atoms with van der Waals surface area (Å²) in [5.74, 6) is -0.000179. The van der Waals surface area contributed by atoms with Crippen molar-refractivity contribution in [2.45, 2.75) is 13.3 Å². The number of ether oxygens (including phenoxy) is 2. The minimum Gasteiger partial charge on any atom is -0.493 e. The third-order valence-electron chi connectivity index (χ3n) is 6.11. The van der Waals surface area contributed by atoms with Crippen LogP contribution in [0.3, 0.4) is 0 Å². The number of likely N-dealkylation sites (tertiary alicyclic amines) is 1. The van der Waals surface area contributed by atoms with E-state index in [0.29, 0.717) is 41.8 Å². The van der Waals surface area contributed by atoms with Crippen LogP contribution in [0.1, 0.15) is 21.6 Å². The van der Waals surface area contributed by atoms with Gasteiger partial charge in [-0.2, -0.15) is 0 Å². The number of nitrogens with zero attached hydrogens (tertiary/aromatic N) is 2. The lowest BCUT2D eigenvalue weighted by molar-refractivity contribution is -0.121. The molecular formula is C26H22ClFN2O4. The Bertz CT molecular complexity index is 1290. The number of pyridine rings is 1. The Morgan fingerprint density at radius 3 is 2.85 bits per heavy atom. The van der Waals surface area contributed by atoms with Gasteiger partial charge in [-0.15, -0.1) is 0 Å². The van der Waals surface area contributed by atoms with Gasteiger partial charge in [-0.3, -0.25) is 14.6 Å². The van der Waals surface area contributed by atoms with Gasteiger partial charge in [-0.05, 0) is 37.3 Å². The molecule has 2 aliphatic heterocycles. The second-order valence-corrected chi connectivity index (χ2v) is 9.04. The summed E-state index contributed by atoms with van der Waals surface area (Å²) in [7, 11) is 0. The summed E-state index contributed by atoms with van der Waals surface area (Å²) in [6.45, 7) is 3.19. The minimum absolute atomic E-state index is 0.0385. The van der Waals surface area contributed by atoms with Crippen LogP contribution in [0, 0.1) is 18.7 Å². The highest BCUT2D eigenvalue weighted by Crippen LogP contribution is 2.35. The molecule has 0 aliphatic carbocycles. The second kappa shape index (κ2) is 9.06. The Morgan fingerprint density at radius 2 is 2.06 bits per heavy atom. The van der Waals surface area contributed by atoms with E-state index in [1.54, 1.807) is 17.2 Å². The molecule has 5 rings (SSSR count). The lowest BCUT2D eigenvalue weighted by Crippen LogP contribution is -2.52. The molecule has 0 saturated carbocycles. The van der Waals surface area contributed by atoms with E-state index in [-0.39, 0.29) is 30.3 Å². The number of benzene rings is 2. The molecular weight excluding hydrogens is 459 g/mol. The lowest BCUT2D eigenvalue weighted by Gasteiger charge is -2.39. The number of rotatable bonds is 5. The number of halogens is 2. The van der Waals surface area contributed by atoms with E-state index in [9.17, 15) is 14.0 Å². The van der Waals surface area contributed by atoms with Crippen molar-refractivity contribution in [2.75, 3.05) is 26.3 Å². The van der Waals surface area contributed by atoms with Crippen LogP contribution in [0.4, 0.5) is 4.39 Å². The molecule has 174 valence electrons. The Hall–Kier alpha value is -3.45. The van der Waals surface area contributed by atoms with E-state index < -0.39 is 11.7 Å². The van der Waals surface area contributed by atoms with Gasteiger partial charge in [0.2, 0.25) is 0 Å². The number of carbonyl (C=O) groups is 2. The van der Waals surface area contributed by atoms with Crippen molar-refractivity contribution >= 4 is 23.3 Å². The summed E-state index contributed by atoms with van der Waals surface area (Å²) in [4.78, 5) is 30.4. The van der Waals surface area contributed by atoms with Crippen molar-refractivity contribution in [2.24, 2.45) is 5.92 Å². The zero-order valence-electron chi connectivity index (χ0n) is 18.5. The van der Waals surface area contributed by atoms with Crippen molar-refractivity contribution in [1.82, 2.24) is 9.88 Å². The molecule has 0 N–H and O–H groups in total. The van der Waals surface area contributed by atoms with Crippen LogP contribution in [0.2, 0.25) is 5.02 Å². The Labute approximate surface area is 201 Å². The summed E-state index contributed by atoms with van der Waals surface area (Å²) in [5.41, 5.74) is 3.18. The van der Waals surface area contributed by atoms with E-state index in [1.807, 2.05) is 31.2 Å². The monoisotopic (exact) mass is 480 g/mol. The van der Waals surface area contributed by atoms with Crippen LogP contribution in [-0.4, -0.2) is 47.9 Å². The van der Waals surface area contributed by atoms with Crippen molar-refractivity contribution < 1.29 is 23.5 Å². The Kier molecular flexibility index (Phi) is 5.96. The highest BCUT2D eigenvalue weighted by atomic mass is 35.5. The van der Waals surface area contributed by atoms with Crippen LogP contribution in [0.5, 0.6) is 11.5 Å². The fraction of sp³-hybridized carbons (Fsp3) is 0.269. The molecule has 1 fully saturated rings. The summed E-state index contributed by atoms with van der Waals surface area (Å²) < 4.78 is 25.9. The lowest BCUT2D eigenvalue weighted by atomic mass is 9.97. The van der Waals surface area contributed by atoms with Gasteiger partial charge in [-0.1, -0.05) is 17.7 Å². The van der Waals surface area contributed by atoms with Crippen molar-refractivity contribution in [3.63, 3.8) is 0 Å². The van der Waals surface area contributed by atoms with E-state index in [2.05, 4.69) is 4.98 Å². The molecule has 1 saturated heterocycles. The van der Waals surface area contributed by atoms with Gasteiger partial charge < -0.3 is 14.4 Å². The number of hydrogen-bond acceptors (Lipinski definition) is 5. The predicted molar refractivity (Wildman–Crippen MR) is 125 cm³/mol. The number of ketones is 1. The molecule has 1 amide bonds. The maximum absolute atomic E-state index is 14.5. The molecule has 3 aromatic rings. The molecule has 3 heterocycles. The third kappa shape index (κ3) is 4.35. The van der Waals surface area contributed by atoms with Crippen LogP contribution >= 0.6 is 11.6 Å². The summed E-state index contributed by atoms with van der Waals surface area (Å²) in [5, 5.41) is 0.602. The fourth-order valence-electron chi connectivity index (χ4n) is 4.28. The Morgan fingerprint density at radius 1 is 1.24 bits per heavy atom. The number of Topliss-reactive ketones (excluding diaryl/α,β-unsaturated/α-hetero) is 1. The van der Waals surface area contributed by atoms with E-state index in [4.69, 9.17) is 21.1 Å². The fourth-order valence-corrected chi connectivity index (χ4v) is 4.46. The van der Waals surface area contributed by atoms with Gasteiger partial charge in [0.1, 0.15) is 23.9 Å². The maximum Gasteiger partial charge on any atom is 0.256 e. The van der Waals surface area contributed by atoms with Crippen LogP contribution in [0.25, 0.3) is 11.1 Å². The van der Waals surface area contributed by atoms with Gasteiger partial charge in [0, 0.05) is 65.1 Å². The van der Waals surface area contributed by atoms with Crippen molar-refractivity contribution in [3.05, 3.63) is 76.3 Å². The number of carbonyl (C=O) groups excluding carboxylic acids is 2. The van der Waals surface area contributed by atoms with Gasteiger partial charge in [-0.25, -0.2) is 4.39 Å². The summed E-state index contributed by atoms with van der Waals surface area (Å²) in [6.07, 6.45) is 1.88. The van der Waals surface area contributed by atoms with E-state index in [0.717, 1.165) is 16.8 Å². The molecule has 8 heteroatoms. The first-order chi connectivity index (χ1) is 16.4. The normalized spacial score (nSPS) is 15.4. The van der Waals surface area contributed by atoms with Gasteiger partial charge >= 0.3 is 0 Å². The number of hydrogen-bond donors (Lipinski definition) is 0. The quantitative estimate of drug-likeness (QED) is 0.537. The first kappa shape index (κ1) is 22.3. The minimum atomic E-state index is -0.643. The number of aryl methyl sites for hydroxylation is 1. The molecule has 0 spiro atoms. The van der Waals surface area contributed by atoms with Crippen molar-refractivity contribution in [1.29, 1.82) is 0 Å². The average molecular weight is 481 g/mol. The SMILES string of the molecule is Cc1ncccc1-c1cc(Cl)ccc1OCC1CN(C(=O)c2cc3c(cc2F)OCC(=O)C3)C1. The molecule has 1 aromatic heterocycles. The third-order valence-corrected chi connectivity index (χ3v) is 6.35. The molecule has 0 unspecified atom stereocenters. The summed E-state index contributed by atoms with van der Waals surface area (Å²) >= 11 is 6.22. The van der Waals surface area contributed by atoms with E-state index in [1.165, 1.54) is 12.1 Å². The van der Waals surface area contributed by atoms with Gasteiger partial charge in [0.25, 0.3) is 5.91 Å². The zero-order valence-corrected chi connectivity index (χ0v) is 19.3. The number of amides is 1. The molecule has 0 atom stereocenters. The average Bonchev–Trinajstić information content (AvgIpc) is 2.79. The first-order valence-corrected chi connectivity index (χ1v) is 11.4. The molecule has 2 aromatic carbocycles. The van der Waals surface area contributed by atoms with Gasteiger partial charge in [0.15, 0.2) is 5.78 Å².